The molecule has 1 rings (SSSR count). The zero-order chi connectivity index (χ0) is 15.5. The van der Waals surface area contributed by atoms with E-state index in [1.54, 1.807) is 7.11 Å². The van der Waals surface area contributed by atoms with Crippen LogP contribution in [0, 0.1) is 0 Å². The van der Waals surface area contributed by atoms with Crippen LogP contribution in [0.1, 0.15) is 11.5 Å². The molecular formula is C15H26N4O2. The summed E-state index contributed by atoms with van der Waals surface area (Å²) < 4.78 is 5.04. The van der Waals surface area contributed by atoms with Crippen LogP contribution >= 0.6 is 0 Å². The lowest BCUT2D eigenvalue weighted by Gasteiger charge is -2.19. The number of methoxy groups -OCH3 is 1. The minimum atomic E-state index is -0.125. The number of amidine groups is 1. The fraction of sp³-hybridized carbons (Fsp3) is 0.533. The first-order valence-corrected chi connectivity index (χ1v) is 7.09. The van der Waals surface area contributed by atoms with Crippen molar-refractivity contribution in [3.8, 4) is 0 Å². The van der Waals surface area contributed by atoms with Crippen LogP contribution in [-0.2, 0) is 4.74 Å². The first kappa shape index (κ1) is 17.4. The predicted octanol–water partition coefficient (Wildman–Crippen LogP) is 0.684. The first-order valence-electron chi connectivity index (χ1n) is 7.09. The SMILES string of the molecule is COCCN(C)CCNCC(C(N)=NO)c1ccccc1. The third kappa shape index (κ3) is 6.57. The quantitative estimate of drug-likeness (QED) is 0.194. The number of nitrogens with zero attached hydrogens (tertiary/aromatic N) is 2. The summed E-state index contributed by atoms with van der Waals surface area (Å²) in [6, 6.07) is 9.81. The smallest absolute Gasteiger partial charge is 0.147 e. The van der Waals surface area contributed by atoms with Crippen LogP contribution in [0.4, 0.5) is 0 Å². The molecule has 0 amide bonds. The molecule has 1 aromatic carbocycles. The molecule has 0 bridgehead atoms. The van der Waals surface area contributed by atoms with Gasteiger partial charge in [-0.05, 0) is 12.6 Å². The van der Waals surface area contributed by atoms with Crippen molar-refractivity contribution in [2.75, 3.05) is 46.9 Å². The van der Waals surface area contributed by atoms with Gasteiger partial charge in [-0.15, -0.1) is 0 Å². The number of benzene rings is 1. The molecule has 0 aliphatic carbocycles. The molecule has 1 unspecified atom stereocenters. The van der Waals surface area contributed by atoms with Crippen molar-refractivity contribution < 1.29 is 9.94 Å². The summed E-state index contributed by atoms with van der Waals surface area (Å²) in [6.45, 7) is 4.02. The molecule has 6 heteroatoms. The van der Waals surface area contributed by atoms with Gasteiger partial charge in [-0.2, -0.15) is 0 Å². The van der Waals surface area contributed by atoms with Crippen molar-refractivity contribution in [3.63, 3.8) is 0 Å². The number of nitrogens with two attached hydrogens (primary N) is 1. The lowest BCUT2D eigenvalue weighted by atomic mass is 9.98. The molecule has 0 fully saturated rings. The van der Waals surface area contributed by atoms with Crippen LogP contribution in [-0.4, -0.2) is 62.9 Å². The molecule has 118 valence electrons. The Bertz CT molecular complexity index is 411. The number of rotatable bonds is 10. The van der Waals surface area contributed by atoms with Crippen molar-refractivity contribution in [2.45, 2.75) is 5.92 Å². The summed E-state index contributed by atoms with van der Waals surface area (Å²) in [7, 11) is 3.76. The second-order valence-corrected chi connectivity index (χ2v) is 4.99. The average Bonchev–Trinajstić information content (AvgIpc) is 2.53. The van der Waals surface area contributed by atoms with Crippen molar-refractivity contribution in [2.24, 2.45) is 10.9 Å². The van der Waals surface area contributed by atoms with E-state index in [0.717, 1.165) is 31.8 Å². The highest BCUT2D eigenvalue weighted by Crippen LogP contribution is 2.14. The minimum absolute atomic E-state index is 0.125. The Kier molecular flexibility index (Phi) is 8.42. The fourth-order valence-corrected chi connectivity index (χ4v) is 2.02. The van der Waals surface area contributed by atoms with Gasteiger partial charge in [0.15, 0.2) is 0 Å². The van der Waals surface area contributed by atoms with Gasteiger partial charge < -0.3 is 25.9 Å². The molecular weight excluding hydrogens is 268 g/mol. The zero-order valence-corrected chi connectivity index (χ0v) is 12.8. The normalized spacial score (nSPS) is 13.6. The summed E-state index contributed by atoms with van der Waals surface area (Å²) in [6.07, 6.45) is 0. The van der Waals surface area contributed by atoms with Crippen LogP contribution < -0.4 is 11.1 Å². The Morgan fingerprint density at radius 1 is 1.38 bits per heavy atom. The van der Waals surface area contributed by atoms with Gasteiger partial charge in [0, 0.05) is 33.3 Å². The van der Waals surface area contributed by atoms with Crippen molar-refractivity contribution >= 4 is 5.84 Å². The second kappa shape index (κ2) is 10.1. The van der Waals surface area contributed by atoms with Gasteiger partial charge in [-0.1, -0.05) is 35.5 Å². The molecule has 0 spiro atoms. The molecule has 0 saturated carbocycles. The maximum Gasteiger partial charge on any atom is 0.147 e. The van der Waals surface area contributed by atoms with E-state index in [0.29, 0.717) is 6.54 Å². The number of likely N-dealkylation sites (N-methyl/N-ethyl adjacent to an activating group) is 1. The van der Waals surface area contributed by atoms with Crippen LogP contribution in [0.3, 0.4) is 0 Å². The van der Waals surface area contributed by atoms with Crippen molar-refractivity contribution in [3.05, 3.63) is 35.9 Å². The molecule has 0 heterocycles. The highest BCUT2D eigenvalue weighted by Gasteiger charge is 2.15. The maximum absolute atomic E-state index is 8.92. The molecule has 1 atom stereocenters. The van der Waals surface area contributed by atoms with E-state index < -0.39 is 0 Å². The number of ether oxygens (including phenoxy) is 1. The second-order valence-electron chi connectivity index (χ2n) is 4.99. The Morgan fingerprint density at radius 2 is 2.10 bits per heavy atom. The molecule has 1 aromatic rings. The van der Waals surface area contributed by atoms with E-state index in [1.165, 1.54) is 0 Å². The molecule has 0 radical (unpaired) electrons. The van der Waals surface area contributed by atoms with Gasteiger partial charge in [0.25, 0.3) is 0 Å². The maximum atomic E-state index is 8.92. The lowest BCUT2D eigenvalue weighted by Crippen LogP contribution is -2.36. The molecule has 4 N–H and O–H groups in total. The Labute approximate surface area is 126 Å². The van der Waals surface area contributed by atoms with E-state index in [9.17, 15) is 0 Å². The fourth-order valence-electron chi connectivity index (χ4n) is 2.02. The summed E-state index contributed by atoms with van der Waals surface area (Å²) in [5, 5.41) is 15.4. The molecule has 21 heavy (non-hydrogen) atoms. The summed E-state index contributed by atoms with van der Waals surface area (Å²) in [5.74, 6) is 0.0990. The van der Waals surface area contributed by atoms with E-state index >= 15 is 0 Å². The summed E-state index contributed by atoms with van der Waals surface area (Å²) in [4.78, 5) is 2.19. The zero-order valence-electron chi connectivity index (χ0n) is 12.8. The molecule has 0 saturated heterocycles. The molecule has 0 aliphatic rings. The number of oxime groups is 1. The largest absolute Gasteiger partial charge is 0.409 e. The highest BCUT2D eigenvalue weighted by atomic mass is 16.5. The molecule has 0 aliphatic heterocycles. The highest BCUT2D eigenvalue weighted by molar-refractivity contribution is 5.87. The summed E-state index contributed by atoms with van der Waals surface area (Å²) in [5.41, 5.74) is 6.83. The van der Waals surface area contributed by atoms with E-state index in [2.05, 4.69) is 22.4 Å². The third-order valence-electron chi connectivity index (χ3n) is 3.37. The number of nitrogens with one attached hydrogen (secondary N) is 1. The predicted molar refractivity (Wildman–Crippen MR) is 84.8 cm³/mol. The van der Waals surface area contributed by atoms with Crippen LogP contribution in [0.2, 0.25) is 0 Å². The van der Waals surface area contributed by atoms with Gasteiger partial charge >= 0.3 is 0 Å². The minimum Gasteiger partial charge on any atom is -0.409 e. The van der Waals surface area contributed by atoms with Gasteiger partial charge in [0.05, 0.1) is 12.5 Å². The average molecular weight is 294 g/mol. The van der Waals surface area contributed by atoms with E-state index in [1.807, 2.05) is 30.3 Å². The monoisotopic (exact) mass is 294 g/mol. The van der Waals surface area contributed by atoms with Crippen molar-refractivity contribution in [1.29, 1.82) is 0 Å². The number of hydrogen-bond acceptors (Lipinski definition) is 5. The number of hydrogen-bond donors (Lipinski definition) is 3. The van der Waals surface area contributed by atoms with Gasteiger partial charge in [-0.25, -0.2) is 0 Å². The van der Waals surface area contributed by atoms with Gasteiger partial charge in [0.1, 0.15) is 5.84 Å². The van der Waals surface area contributed by atoms with Gasteiger partial charge in [-0.3, -0.25) is 0 Å². The third-order valence-corrected chi connectivity index (χ3v) is 3.37. The van der Waals surface area contributed by atoms with E-state index in [-0.39, 0.29) is 11.8 Å². The standard InChI is InChI=1S/C15H26N4O2/c1-19(10-11-21-2)9-8-17-12-14(15(16)18-20)13-6-4-3-5-7-13/h3-7,14,17,20H,8-12H2,1-2H3,(H2,16,18). The van der Waals surface area contributed by atoms with Gasteiger partial charge in [0.2, 0.25) is 0 Å². The summed E-state index contributed by atoms with van der Waals surface area (Å²) >= 11 is 0. The first-order chi connectivity index (χ1) is 10.2. The lowest BCUT2D eigenvalue weighted by molar-refractivity contribution is 0.161. The Hall–Kier alpha value is -1.63. The topological polar surface area (TPSA) is 83.1 Å². The Balaban J connectivity index is 2.42. The van der Waals surface area contributed by atoms with Crippen LogP contribution in [0.5, 0.6) is 0 Å². The van der Waals surface area contributed by atoms with E-state index in [4.69, 9.17) is 15.7 Å². The van der Waals surface area contributed by atoms with Crippen LogP contribution in [0.25, 0.3) is 0 Å². The van der Waals surface area contributed by atoms with Crippen LogP contribution in [0.15, 0.2) is 35.5 Å². The molecule has 6 nitrogen and oxygen atoms in total. The molecule has 0 aromatic heterocycles. The van der Waals surface area contributed by atoms with Crippen molar-refractivity contribution in [1.82, 2.24) is 10.2 Å². The Morgan fingerprint density at radius 3 is 2.71 bits per heavy atom.